The van der Waals surface area contributed by atoms with Gasteiger partial charge in [0.2, 0.25) is 5.91 Å². The van der Waals surface area contributed by atoms with E-state index in [1.807, 2.05) is 0 Å². The van der Waals surface area contributed by atoms with Gasteiger partial charge in [-0.05, 0) is 64.7 Å². The zero-order chi connectivity index (χ0) is 96.4. The Morgan fingerprint density at radius 1 is 0.466 bits per heavy atom. The third-order valence-electron chi connectivity index (χ3n) is 21.1. The third kappa shape index (κ3) is 42.7. The van der Waals surface area contributed by atoms with Gasteiger partial charge in [0.1, 0.15) is 79.0 Å². The summed E-state index contributed by atoms with van der Waals surface area (Å²) in [6, 6.07) is -1.13. The first-order valence-electron chi connectivity index (χ1n) is 43.5. The fourth-order valence-electron chi connectivity index (χ4n) is 13.4. The average Bonchev–Trinajstić information content (AvgIpc) is 1.63. The fraction of sp³-hybridized carbons (Fsp3) is 0.919. The maximum atomic E-state index is 13.8. The summed E-state index contributed by atoms with van der Waals surface area (Å²) in [6.07, 6.45) is -9.18. The molecule has 4 fully saturated rings. The lowest BCUT2D eigenvalue weighted by atomic mass is 9.92. The van der Waals surface area contributed by atoms with E-state index in [2.05, 4.69) is 20.3 Å². The number of fused-ring (bicyclic) bond motifs is 1. The molecule has 2 aromatic rings. The zero-order valence-electron chi connectivity index (χ0n) is 74.6. The van der Waals surface area contributed by atoms with Crippen LogP contribution in [-0.4, -0.2) is 369 Å². The summed E-state index contributed by atoms with van der Waals surface area (Å²) >= 11 is 0. The maximum absolute atomic E-state index is 13.8. The summed E-state index contributed by atoms with van der Waals surface area (Å²) in [7, 11) is -28.3. The summed E-state index contributed by atoms with van der Waals surface area (Å²) in [5.74, 6) is -2.61. The lowest BCUT2D eigenvalue weighted by Crippen LogP contribution is -2.64. The monoisotopic (exact) mass is 2020 g/mol. The van der Waals surface area contributed by atoms with Gasteiger partial charge in [0.15, 0.2) is 38.1 Å². The number of phosphoric ester groups is 5. The van der Waals surface area contributed by atoms with Crippen molar-refractivity contribution in [3.8, 4) is 0 Å². The van der Waals surface area contributed by atoms with Crippen molar-refractivity contribution < 1.29 is 219 Å². The van der Waals surface area contributed by atoms with E-state index in [1.54, 1.807) is 20.8 Å². The number of aliphatic hydroxyl groups is 10. The molecule has 0 saturated carbocycles. The van der Waals surface area contributed by atoms with E-state index in [0.717, 1.165) is 0 Å². The van der Waals surface area contributed by atoms with Crippen molar-refractivity contribution in [2.24, 2.45) is 23.2 Å². The molecule has 17 N–H and O–H groups in total. The minimum absolute atomic E-state index is 0.0555. The Bertz CT molecular complexity index is 3740. The summed E-state index contributed by atoms with van der Waals surface area (Å²) in [5.41, 5.74) is -1.07. The van der Waals surface area contributed by atoms with E-state index in [-0.39, 0.29) is 98.4 Å². The molecule has 766 valence electrons. The van der Waals surface area contributed by atoms with E-state index >= 15 is 0 Å². The molecule has 4 saturated heterocycles. The Labute approximate surface area is 760 Å². The molecule has 6 heterocycles. The van der Waals surface area contributed by atoms with Gasteiger partial charge < -0.3 is 147 Å². The summed E-state index contributed by atoms with van der Waals surface area (Å²) in [5, 5.41) is 103. The second-order valence-corrected chi connectivity index (χ2v) is 41.9. The molecule has 13 unspecified atom stereocenters. The van der Waals surface area contributed by atoms with Crippen LogP contribution >= 0.6 is 46.7 Å². The van der Waals surface area contributed by atoms with Gasteiger partial charge in [-0.25, -0.2) is 37.8 Å². The van der Waals surface area contributed by atoms with Gasteiger partial charge in [-0.2, -0.15) is 0 Å². The number of carbonyl (C=O) groups is 1. The maximum Gasteiger partial charge on any atom is 0.474 e. The number of nitrogens with zero attached hydrogens (tertiary/aromatic N) is 4. The van der Waals surface area contributed by atoms with Crippen molar-refractivity contribution in [3.63, 3.8) is 0 Å². The van der Waals surface area contributed by atoms with Crippen LogP contribution in [0.1, 0.15) is 149 Å². The second kappa shape index (κ2) is 60.2. The largest absolute Gasteiger partial charge is 0.474 e. The predicted molar refractivity (Wildman–Crippen MR) is 451 cm³/mol. The molecule has 0 aliphatic carbocycles. The normalized spacial score (nSPS) is 28.6. The minimum Gasteiger partial charge on any atom is -0.396 e. The quantitative estimate of drug-likeness (QED) is 0.0257. The molecule has 0 bridgehead atoms. The molecule has 6 rings (SSSR count). The van der Waals surface area contributed by atoms with Crippen LogP contribution in [0.25, 0.3) is 11.2 Å². The Hall–Kier alpha value is -2.16. The van der Waals surface area contributed by atoms with Gasteiger partial charge in [0.05, 0.1) is 148 Å². The van der Waals surface area contributed by atoms with Gasteiger partial charge in [-0.15, -0.1) is 0 Å². The molecular formula is C74H139N5O46P6. The molecule has 4 aliphatic rings. The highest BCUT2D eigenvalue weighted by Crippen LogP contribution is 2.53. The number of hydrogen-bond donors (Lipinski definition) is 17. The molecule has 0 aromatic carbocycles. The van der Waals surface area contributed by atoms with Gasteiger partial charge in [0, 0.05) is 70.7 Å². The van der Waals surface area contributed by atoms with Gasteiger partial charge in [-0.1, -0.05) is 66.2 Å². The molecule has 25 atom stereocenters. The van der Waals surface area contributed by atoms with E-state index in [0.29, 0.717) is 93.9 Å². The Kier molecular flexibility index (Phi) is 54.0. The number of phosphoric acid groups is 5. The van der Waals surface area contributed by atoms with Crippen molar-refractivity contribution >= 4 is 63.8 Å². The van der Waals surface area contributed by atoms with Crippen LogP contribution in [0.5, 0.6) is 0 Å². The Morgan fingerprint density at radius 3 is 1.28 bits per heavy atom. The lowest BCUT2D eigenvalue weighted by Gasteiger charge is -2.42. The van der Waals surface area contributed by atoms with Crippen molar-refractivity contribution in [3.05, 3.63) is 18.3 Å². The second-order valence-electron chi connectivity index (χ2n) is 32.3. The first kappa shape index (κ1) is 118. The van der Waals surface area contributed by atoms with Crippen LogP contribution in [-0.2, 0) is 139 Å². The van der Waals surface area contributed by atoms with Crippen LogP contribution in [0.4, 0.5) is 0 Å². The highest BCUT2D eigenvalue weighted by Gasteiger charge is 2.49. The van der Waals surface area contributed by atoms with Gasteiger partial charge in [0.25, 0.3) is 0 Å². The molecule has 0 spiro atoms. The SMILES string of the molecule is CC(=O)N[C@H]1C(O)[C@@H](O)C(CO)O[C@H]1OCCCCCCOP(=O)(O)OCCCOCC(COCCCOP(=O)(O)OCCCCCCO[C@@H]1OC(CO)[C@H](O)C(O)[C@@H]1C)(COCCCOP(=O)(O)OCCCCCCO[C@@H]1OC(CO)[C@H](O)C(O)[C@@H]1C)COP(=O)(O)OCOCC(CO)COCOP(=O)(O)O[C@H]1C[C@H](n2cnc3c(C)ncnc32)O[C@@H]1COP(=O)(O)C(C)C. The number of ether oxygens (including phenoxy) is 12. The number of imidazole rings is 1. The number of carbonyl (C=O) groups excluding carboxylic acids is 1. The fourth-order valence-corrected chi connectivity index (χ4v) is 18.0. The summed E-state index contributed by atoms with van der Waals surface area (Å²) < 4.78 is 207. The van der Waals surface area contributed by atoms with Gasteiger partial charge in [-0.3, -0.25) is 59.2 Å². The third-order valence-corrected chi connectivity index (χ3v) is 27.8. The van der Waals surface area contributed by atoms with E-state index in [1.165, 1.54) is 38.0 Å². The number of aromatic nitrogens is 4. The number of nitrogens with one attached hydrogen (secondary N) is 1. The summed E-state index contributed by atoms with van der Waals surface area (Å²) in [4.78, 5) is 88.5. The number of amides is 1. The van der Waals surface area contributed by atoms with Crippen LogP contribution in [0, 0.1) is 30.1 Å². The lowest BCUT2D eigenvalue weighted by molar-refractivity contribution is -0.282. The van der Waals surface area contributed by atoms with Crippen LogP contribution in [0.15, 0.2) is 12.7 Å². The standard InChI is InChI=1S/C74H139N5O46P6/c1-50(2)126(91,92)117-41-60-56(34-61(121-60)79-47-77-62-53(5)75-46-76-70(62)79)125-131(101,102)120-49-107-40-55(35-80)39-106-48-119-130(99,100)118-45-74(42-103-22-19-31-114-127(93,94)111-28-16-10-7-13-25-108-71-51(3)64(85)66(87)57(36-81)122-71,43-104-23-20-32-115-128(95,96)112-29-17-11-8-14-26-109-72-52(4)65(86)67(88)58(37-82)123-72)44-105-24-21-33-116-129(97,98)113-30-18-12-9-15-27-110-73-63(78-54(6)84)69(90)68(89)59(38-83)124-73/h46-47,50-52,55-61,63-69,71-73,80-83,85-90H,7-45,48-49H2,1-6H3,(H,78,84)(H,91,92)(H,93,94)(H,95,96)(H,97,98)(H,99,100)(H,101,102)/t51-,52-,55?,56-,57?,58?,59?,60+,61+,63-,64?,65?,66-,67-,68-,69?,71+,72+,73+,74?/m0/s1. The number of rotatable bonds is 73. The minimum atomic E-state index is -5.19. The molecule has 2 aromatic heterocycles. The molecule has 131 heavy (non-hydrogen) atoms. The van der Waals surface area contributed by atoms with Crippen LogP contribution in [0.3, 0.4) is 0 Å². The zero-order valence-corrected chi connectivity index (χ0v) is 79.9. The number of hydrogen-bond acceptors (Lipinski definition) is 43. The number of unbranched alkanes of at least 4 members (excludes halogenated alkanes) is 9. The van der Waals surface area contributed by atoms with Crippen molar-refractivity contribution in [1.82, 2.24) is 24.8 Å². The molecule has 4 aliphatic heterocycles. The average molecular weight is 2020 g/mol. The van der Waals surface area contributed by atoms with E-state index in [4.69, 9.17) is 107 Å². The first-order chi connectivity index (χ1) is 62.1. The highest BCUT2D eigenvalue weighted by molar-refractivity contribution is 7.53. The van der Waals surface area contributed by atoms with Crippen molar-refractivity contribution in [2.75, 3.05) is 166 Å². The van der Waals surface area contributed by atoms with E-state index < -0.39 is 273 Å². The van der Waals surface area contributed by atoms with Crippen molar-refractivity contribution in [2.45, 2.75) is 248 Å². The first-order valence-corrected chi connectivity index (χ1v) is 52.6. The molecule has 1 amide bonds. The number of aryl methyl sites for hydroxylation is 1. The van der Waals surface area contributed by atoms with E-state index in [9.17, 15) is 113 Å². The molecule has 57 heteroatoms. The summed E-state index contributed by atoms with van der Waals surface area (Å²) in [6.45, 7) is -0.458. The topological polar surface area (TPSA) is 711 Å². The van der Waals surface area contributed by atoms with Crippen LogP contribution < -0.4 is 5.32 Å². The molecule has 0 radical (unpaired) electrons. The number of aliphatic hydroxyl groups excluding tert-OH is 10. The Balaban J connectivity index is 1.03. The van der Waals surface area contributed by atoms with Crippen LogP contribution in [0.2, 0.25) is 0 Å². The predicted octanol–water partition coefficient (Wildman–Crippen LogP) is 2.66. The Morgan fingerprint density at radius 2 is 0.863 bits per heavy atom. The van der Waals surface area contributed by atoms with Gasteiger partial charge >= 0.3 is 46.7 Å². The smallest absolute Gasteiger partial charge is 0.396 e. The van der Waals surface area contributed by atoms with Crippen molar-refractivity contribution in [1.29, 1.82) is 0 Å². The molecular weight excluding hydrogens is 1880 g/mol. The highest BCUT2D eigenvalue weighted by atomic mass is 31.2. The molecule has 51 nitrogen and oxygen atoms in total.